The monoisotopic (exact) mass is 238 g/mol. The second kappa shape index (κ2) is 5.38. The van der Waals surface area contributed by atoms with Gasteiger partial charge in [0.2, 0.25) is 5.91 Å². The van der Waals surface area contributed by atoms with Crippen LogP contribution in [-0.2, 0) is 4.79 Å². The number of nitrogens with two attached hydrogens (primary N) is 1. The van der Waals surface area contributed by atoms with Crippen LogP contribution < -0.4 is 11.1 Å². The van der Waals surface area contributed by atoms with Gasteiger partial charge < -0.3 is 11.1 Å². The van der Waals surface area contributed by atoms with Crippen molar-refractivity contribution >= 4 is 5.91 Å². The Morgan fingerprint density at radius 3 is 2.71 bits per heavy atom. The van der Waals surface area contributed by atoms with E-state index in [0.29, 0.717) is 18.4 Å². The average molecular weight is 238 g/mol. The van der Waals surface area contributed by atoms with Crippen LogP contribution in [0.3, 0.4) is 0 Å². The van der Waals surface area contributed by atoms with E-state index >= 15 is 0 Å². The molecule has 2 aliphatic rings. The SMILES string of the molecule is CC1(NC(=O)CCC2CCCC(N)C2)CCC1. The zero-order valence-corrected chi connectivity index (χ0v) is 11.0. The zero-order valence-electron chi connectivity index (χ0n) is 11.0. The highest BCUT2D eigenvalue weighted by molar-refractivity contribution is 5.76. The van der Waals surface area contributed by atoms with Crippen molar-refractivity contribution in [2.75, 3.05) is 0 Å². The van der Waals surface area contributed by atoms with Crippen LogP contribution in [-0.4, -0.2) is 17.5 Å². The Morgan fingerprint density at radius 1 is 1.35 bits per heavy atom. The molecule has 0 radical (unpaired) electrons. The van der Waals surface area contributed by atoms with Crippen LogP contribution in [0.15, 0.2) is 0 Å². The lowest BCUT2D eigenvalue weighted by Crippen LogP contribution is -2.50. The van der Waals surface area contributed by atoms with Crippen LogP contribution in [0.5, 0.6) is 0 Å². The molecule has 0 aliphatic heterocycles. The Kier molecular flexibility index (Phi) is 4.08. The zero-order chi connectivity index (χ0) is 12.3. The summed E-state index contributed by atoms with van der Waals surface area (Å²) in [6.07, 6.45) is 10.0. The van der Waals surface area contributed by atoms with E-state index in [0.717, 1.165) is 25.7 Å². The van der Waals surface area contributed by atoms with Crippen LogP contribution in [0.4, 0.5) is 0 Å². The Hall–Kier alpha value is -0.570. The van der Waals surface area contributed by atoms with Gasteiger partial charge in [0.15, 0.2) is 0 Å². The molecule has 0 saturated heterocycles. The highest BCUT2D eigenvalue weighted by Gasteiger charge is 2.33. The Labute approximate surface area is 105 Å². The predicted molar refractivity (Wildman–Crippen MR) is 69.6 cm³/mol. The summed E-state index contributed by atoms with van der Waals surface area (Å²) in [6, 6.07) is 0.376. The number of amides is 1. The van der Waals surface area contributed by atoms with Crippen LogP contribution in [0.2, 0.25) is 0 Å². The molecule has 0 bridgehead atoms. The van der Waals surface area contributed by atoms with Gasteiger partial charge in [0.25, 0.3) is 0 Å². The molecular weight excluding hydrogens is 212 g/mol. The fourth-order valence-electron chi connectivity index (χ4n) is 3.16. The molecule has 2 saturated carbocycles. The summed E-state index contributed by atoms with van der Waals surface area (Å²) in [6.45, 7) is 2.16. The van der Waals surface area contributed by atoms with Gasteiger partial charge in [-0.1, -0.05) is 12.8 Å². The molecule has 3 N–H and O–H groups in total. The van der Waals surface area contributed by atoms with Gasteiger partial charge in [-0.2, -0.15) is 0 Å². The predicted octanol–water partition coefficient (Wildman–Crippen LogP) is 2.34. The molecule has 0 aromatic rings. The van der Waals surface area contributed by atoms with Crippen molar-refractivity contribution in [1.82, 2.24) is 5.32 Å². The molecule has 2 unspecified atom stereocenters. The molecule has 0 spiro atoms. The molecule has 3 nitrogen and oxygen atoms in total. The van der Waals surface area contributed by atoms with Gasteiger partial charge in [0.05, 0.1) is 0 Å². The Bertz CT molecular complexity index is 273. The Morgan fingerprint density at radius 2 is 2.12 bits per heavy atom. The quantitative estimate of drug-likeness (QED) is 0.790. The summed E-state index contributed by atoms with van der Waals surface area (Å²) in [5.41, 5.74) is 6.07. The highest BCUT2D eigenvalue weighted by Crippen LogP contribution is 2.31. The largest absolute Gasteiger partial charge is 0.351 e. The summed E-state index contributed by atoms with van der Waals surface area (Å²) in [5.74, 6) is 0.921. The van der Waals surface area contributed by atoms with Crippen molar-refractivity contribution in [3.63, 3.8) is 0 Å². The lowest BCUT2D eigenvalue weighted by atomic mass is 9.78. The van der Waals surface area contributed by atoms with Gasteiger partial charge in [-0.05, 0) is 51.4 Å². The number of hydrogen-bond donors (Lipinski definition) is 2. The maximum atomic E-state index is 11.8. The molecule has 1 amide bonds. The number of rotatable bonds is 4. The van der Waals surface area contributed by atoms with E-state index in [2.05, 4.69) is 12.2 Å². The minimum atomic E-state index is 0.111. The third kappa shape index (κ3) is 3.70. The van der Waals surface area contributed by atoms with Crippen molar-refractivity contribution in [3.05, 3.63) is 0 Å². The number of hydrogen-bond acceptors (Lipinski definition) is 2. The fourth-order valence-corrected chi connectivity index (χ4v) is 3.16. The first kappa shape index (κ1) is 12.9. The molecule has 2 aliphatic carbocycles. The second-order valence-electron chi connectivity index (χ2n) is 6.29. The molecule has 0 aromatic heterocycles. The van der Waals surface area contributed by atoms with Gasteiger partial charge in [-0.3, -0.25) is 4.79 Å². The molecule has 2 rings (SSSR count). The maximum absolute atomic E-state index is 11.8. The number of nitrogens with one attached hydrogen (secondary N) is 1. The molecule has 2 fully saturated rings. The van der Waals surface area contributed by atoms with Crippen LogP contribution in [0.25, 0.3) is 0 Å². The van der Waals surface area contributed by atoms with Crippen molar-refractivity contribution in [1.29, 1.82) is 0 Å². The van der Waals surface area contributed by atoms with E-state index in [9.17, 15) is 4.79 Å². The van der Waals surface area contributed by atoms with E-state index < -0.39 is 0 Å². The van der Waals surface area contributed by atoms with Crippen molar-refractivity contribution in [2.24, 2.45) is 11.7 Å². The van der Waals surface area contributed by atoms with E-state index in [1.54, 1.807) is 0 Å². The molecule has 0 heterocycles. The Balaban J connectivity index is 1.65. The highest BCUT2D eigenvalue weighted by atomic mass is 16.1. The fraction of sp³-hybridized carbons (Fsp3) is 0.929. The van der Waals surface area contributed by atoms with Gasteiger partial charge in [0, 0.05) is 18.0 Å². The van der Waals surface area contributed by atoms with E-state index in [1.165, 1.54) is 25.7 Å². The van der Waals surface area contributed by atoms with Crippen molar-refractivity contribution in [3.8, 4) is 0 Å². The molecule has 3 heteroatoms. The van der Waals surface area contributed by atoms with E-state index in [4.69, 9.17) is 5.73 Å². The summed E-state index contributed by atoms with van der Waals surface area (Å²) >= 11 is 0. The molecule has 2 atom stereocenters. The topological polar surface area (TPSA) is 55.1 Å². The van der Waals surface area contributed by atoms with Crippen LogP contribution >= 0.6 is 0 Å². The second-order valence-corrected chi connectivity index (χ2v) is 6.29. The van der Waals surface area contributed by atoms with Gasteiger partial charge >= 0.3 is 0 Å². The smallest absolute Gasteiger partial charge is 0.220 e. The maximum Gasteiger partial charge on any atom is 0.220 e. The minimum absolute atomic E-state index is 0.111. The lowest BCUT2D eigenvalue weighted by Gasteiger charge is -2.39. The van der Waals surface area contributed by atoms with E-state index in [1.807, 2.05) is 0 Å². The lowest BCUT2D eigenvalue weighted by molar-refractivity contribution is -0.124. The summed E-state index contributed by atoms with van der Waals surface area (Å²) < 4.78 is 0. The van der Waals surface area contributed by atoms with Crippen molar-refractivity contribution < 1.29 is 4.79 Å². The van der Waals surface area contributed by atoms with Crippen molar-refractivity contribution in [2.45, 2.75) is 76.3 Å². The first-order valence-electron chi connectivity index (χ1n) is 7.14. The summed E-state index contributed by atoms with van der Waals surface area (Å²) in [4.78, 5) is 11.8. The normalized spacial score (nSPS) is 31.6. The first-order valence-corrected chi connectivity index (χ1v) is 7.14. The van der Waals surface area contributed by atoms with Gasteiger partial charge in [0.1, 0.15) is 0 Å². The standard InChI is InChI=1S/C14H26N2O/c1-14(8-3-9-14)16-13(17)7-6-11-4-2-5-12(15)10-11/h11-12H,2-10,15H2,1H3,(H,16,17). The molecule has 0 aromatic carbocycles. The van der Waals surface area contributed by atoms with Crippen LogP contribution in [0, 0.1) is 5.92 Å². The third-order valence-electron chi connectivity index (χ3n) is 4.50. The number of carbonyl (C=O) groups excluding carboxylic acids is 1. The van der Waals surface area contributed by atoms with Crippen LogP contribution in [0.1, 0.15) is 64.7 Å². The molecule has 17 heavy (non-hydrogen) atoms. The van der Waals surface area contributed by atoms with Gasteiger partial charge in [-0.15, -0.1) is 0 Å². The minimum Gasteiger partial charge on any atom is -0.351 e. The molecule has 98 valence electrons. The summed E-state index contributed by atoms with van der Waals surface area (Å²) in [5, 5.41) is 3.17. The third-order valence-corrected chi connectivity index (χ3v) is 4.50. The van der Waals surface area contributed by atoms with E-state index in [-0.39, 0.29) is 11.4 Å². The van der Waals surface area contributed by atoms with Gasteiger partial charge in [-0.25, -0.2) is 0 Å². The average Bonchev–Trinajstić information content (AvgIpc) is 2.24. The molecular formula is C14H26N2O. The number of carbonyl (C=O) groups is 1. The first-order chi connectivity index (χ1) is 8.07. The summed E-state index contributed by atoms with van der Waals surface area (Å²) in [7, 11) is 0.